The fourth-order valence-electron chi connectivity index (χ4n) is 2.56. The smallest absolute Gasteiger partial charge is 0.254 e. The van der Waals surface area contributed by atoms with Gasteiger partial charge in [0.2, 0.25) is 0 Å². The molecule has 1 saturated heterocycles. The quantitative estimate of drug-likeness (QED) is 0.910. The fraction of sp³-hybridized carbons (Fsp3) is 0.500. The zero-order valence-corrected chi connectivity index (χ0v) is 13.7. The maximum atomic E-state index is 12.1. The first-order valence-electron chi connectivity index (χ1n) is 6.59. The van der Waals surface area contributed by atoms with Crippen molar-refractivity contribution >= 4 is 41.5 Å². The van der Waals surface area contributed by atoms with Crippen LogP contribution in [0.25, 0.3) is 0 Å². The first-order valence-corrected chi connectivity index (χ1v) is 7.35. The molecule has 1 aliphatic rings. The summed E-state index contributed by atoms with van der Waals surface area (Å²) in [5, 5.41) is 3.72. The second kappa shape index (κ2) is 8.08. The molecule has 6 heteroatoms. The highest BCUT2D eigenvalue weighted by Gasteiger charge is 2.24. The number of nitrogens with one attached hydrogen (secondary N) is 1. The molecule has 0 saturated carbocycles. The van der Waals surface area contributed by atoms with Crippen LogP contribution in [0.15, 0.2) is 18.2 Å². The van der Waals surface area contributed by atoms with Gasteiger partial charge in [0.1, 0.15) is 0 Å². The van der Waals surface area contributed by atoms with E-state index in [4.69, 9.17) is 23.2 Å². The van der Waals surface area contributed by atoms with Gasteiger partial charge in [-0.2, -0.15) is 0 Å². The Morgan fingerprint density at radius 2 is 2.05 bits per heavy atom. The molecule has 0 bridgehead atoms. The van der Waals surface area contributed by atoms with Crippen molar-refractivity contribution < 1.29 is 4.79 Å². The van der Waals surface area contributed by atoms with Gasteiger partial charge < -0.3 is 5.32 Å². The molecule has 0 aromatic heterocycles. The van der Waals surface area contributed by atoms with Crippen molar-refractivity contribution in [2.75, 3.05) is 19.6 Å². The molecule has 2 rings (SSSR count). The molecular weight excluding hydrogens is 319 g/mol. The van der Waals surface area contributed by atoms with Crippen LogP contribution in [0.3, 0.4) is 0 Å². The Bertz CT molecular complexity index is 447. The Morgan fingerprint density at radius 3 is 2.65 bits per heavy atom. The van der Waals surface area contributed by atoms with E-state index >= 15 is 0 Å². The first kappa shape index (κ1) is 17.6. The predicted molar refractivity (Wildman–Crippen MR) is 86.3 cm³/mol. The van der Waals surface area contributed by atoms with E-state index in [1.165, 1.54) is 6.42 Å². The number of amides is 1. The van der Waals surface area contributed by atoms with Crippen molar-refractivity contribution in [3.63, 3.8) is 0 Å². The molecule has 1 N–H and O–H groups in total. The number of nitrogens with zero attached hydrogens (tertiary/aromatic N) is 1. The summed E-state index contributed by atoms with van der Waals surface area (Å²) in [6.45, 7) is 4.93. The summed E-state index contributed by atoms with van der Waals surface area (Å²) in [7, 11) is 0. The minimum atomic E-state index is -0.196. The van der Waals surface area contributed by atoms with Gasteiger partial charge in [-0.3, -0.25) is 9.69 Å². The summed E-state index contributed by atoms with van der Waals surface area (Å²) in [5.41, 5.74) is 0.367. The van der Waals surface area contributed by atoms with Crippen LogP contribution in [-0.4, -0.2) is 36.5 Å². The van der Waals surface area contributed by atoms with Gasteiger partial charge in [-0.05, 0) is 38.1 Å². The zero-order chi connectivity index (χ0) is 13.8. The van der Waals surface area contributed by atoms with Crippen LogP contribution >= 0.6 is 35.6 Å². The van der Waals surface area contributed by atoms with Crippen LogP contribution in [0.4, 0.5) is 0 Å². The second-order valence-corrected chi connectivity index (χ2v) is 5.55. The van der Waals surface area contributed by atoms with E-state index < -0.39 is 0 Å². The van der Waals surface area contributed by atoms with E-state index in [-0.39, 0.29) is 18.3 Å². The van der Waals surface area contributed by atoms with E-state index in [1.807, 2.05) is 0 Å². The van der Waals surface area contributed by atoms with Crippen molar-refractivity contribution in [1.29, 1.82) is 0 Å². The van der Waals surface area contributed by atoms with Gasteiger partial charge >= 0.3 is 0 Å². The van der Waals surface area contributed by atoms with Crippen molar-refractivity contribution in [3.05, 3.63) is 33.8 Å². The molecule has 0 spiro atoms. The first-order chi connectivity index (χ1) is 9.13. The van der Waals surface area contributed by atoms with E-state index in [9.17, 15) is 4.79 Å². The fourth-order valence-corrected chi connectivity index (χ4v) is 3.13. The topological polar surface area (TPSA) is 32.3 Å². The number of carbonyl (C=O) groups is 1. The van der Waals surface area contributed by atoms with Gasteiger partial charge in [-0.1, -0.05) is 36.2 Å². The number of halogens is 3. The summed E-state index contributed by atoms with van der Waals surface area (Å²) in [5.74, 6) is -0.196. The molecule has 3 nitrogen and oxygen atoms in total. The minimum absolute atomic E-state index is 0. The molecule has 1 atom stereocenters. The lowest BCUT2D eigenvalue weighted by atomic mass is 10.2. The number of carbonyl (C=O) groups excluding carboxylic acids is 1. The molecule has 0 aliphatic carbocycles. The molecule has 1 amide bonds. The van der Waals surface area contributed by atoms with Gasteiger partial charge in [0.05, 0.1) is 15.6 Å². The summed E-state index contributed by atoms with van der Waals surface area (Å²) in [4.78, 5) is 14.5. The molecule has 1 aromatic carbocycles. The number of hydrogen-bond acceptors (Lipinski definition) is 2. The summed E-state index contributed by atoms with van der Waals surface area (Å²) >= 11 is 12.0. The van der Waals surface area contributed by atoms with Crippen LogP contribution in [0.1, 0.15) is 30.1 Å². The molecule has 0 radical (unpaired) electrons. The number of likely N-dealkylation sites (N-methyl/N-ethyl adjacent to an activating group) is 1. The van der Waals surface area contributed by atoms with E-state index in [2.05, 4.69) is 17.1 Å². The van der Waals surface area contributed by atoms with Crippen LogP contribution < -0.4 is 5.32 Å². The molecule has 1 heterocycles. The lowest BCUT2D eigenvalue weighted by Crippen LogP contribution is -2.40. The predicted octanol–water partition coefficient (Wildman–Crippen LogP) is 3.63. The van der Waals surface area contributed by atoms with Gasteiger partial charge in [-0.25, -0.2) is 0 Å². The molecule has 1 aromatic rings. The third-order valence-electron chi connectivity index (χ3n) is 3.59. The van der Waals surface area contributed by atoms with Crippen molar-refractivity contribution in [2.24, 2.45) is 0 Å². The van der Waals surface area contributed by atoms with Crippen molar-refractivity contribution in [2.45, 2.75) is 25.8 Å². The normalized spacial score (nSPS) is 18.6. The van der Waals surface area contributed by atoms with Gasteiger partial charge in [0.15, 0.2) is 0 Å². The van der Waals surface area contributed by atoms with Crippen molar-refractivity contribution in [3.8, 4) is 0 Å². The Kier molecular flexibility index (Phi) is 7.10. The van der Waals surface area contributed by atoms with Gasteiger partial charge in [-0.15, -0.1) is 12.4 Å². The van der Waals surface area contributed by atoms with Crippen molar-refractivity contribution in [1.82, 2.24) is 10.2 Å². The Hall–Kier alpha value is -0.480. The summed E-state index contributed by atoms with van der Waals surface area (Å²) in [6, 6.07) is 5.51. The van der Waals surface area contributed by atoms with Crippen LogP contribution in [-0.2, 0) is 0 Å². The van der Waals surface area contributed by atoms with Gasteiger partial charge in [0, 0.05) is 12.6 Å². The van der Waals surface area contributed by atoms with Crippen LogP contribution in [0.5, 0.6) is 0 Å². The van der Waals surface area contributed by atoms with Crippen LogP contribution in [0, 0.1) is 0 Å². The highest BCUT2D eigenvalue weighted by molar-refractivity contribution is 6.39. The number of hydrogen-bond donors (Lipinski definition) is 1. The Labute approximate surface area is 136 Å². The second-order valence-electron chi connectivity index (χ2n) is 4.73. The molecule has 1 aliphatic heterocycles. The van der Waals surface area contributed by atoms with Gasteiger partial charge in [0.25, 0.3) is 5.91 Å². The van der Waals surface area contributed by atoms with E-state index in [0.29, 0.717) is 28.2 Å². The van der Waals surface area contributed by atoms with Crippen LogP contribution in [0.2, 0.25) is 10.0 Å². The Balaban J connectivity index is 0.00000200. The molecule has 20 heavy (non-hydrogen) atoms. The average molecular weight is 338 g/mol. The lowest BCUT2D eigenvalue weighted by Gasteiger charge is -2.23. The van der Waals surface area contributed by atoms with E-state index in [1.54, 1.807) is 18.2 Å². The lowest BCUT2D eigenvalue weighted by molar-refractivity contribution is 0.0941. The monoisotopic (exact) mass is 336 g/mol. The third-order valence-corrected chi connectivity index (χ3v) is 4.22. The number of benzene rings is 1. The summed E-state index contributed by atoms with van der Waals surface area (Å²) in [6.07, 6.45) is 2.33. The highest BCUT2D eigenvalue weighted by Crippen LogP contribution is 2.24. The summed E-state index contributed by atoms with van der Waals surface area (Å²) < 4.78 is 0. The minimum Gasteiger partial charge on any atom is -0.350 e. The average Bonchev–Trinajstić information content (AvgIpc) is 2.83. The maximum Gasteiger partial charge on any atom is 0.254 e. The SMILES string of the molecule is CCN1CCCC1CNC(=O)c1c(Cl)cccc1Cl.Cl. The molecule has 1 fully saturated rings. The largest absolute Gasteiger partial charge is 0.350 e. The number of rotatable bonds is 4. The maximum absolute atomic E-state index is 12.1. The standard InChI is InChI=1S/C14H18Cl2N2O.ClH/c1-2-18-8-4-5-10(18)9-17-14(19)13-11(15)6-3-7-12(13)16;/h3,6-7,10H,2,4-5,8-9H2,1H3,(H,17,19);1H. The molecular formula is C14H19Cl3N2O. The Morgan fingerprint density at radius 1 is 1.40 bits per heavy atom. The molecule has 1 unspecified atom stereocenters. The third kappa shape index (κ3) is 4.01. The molecule has 112 valence electrons. The van der Waals surface area contributed by atoms with E-state index in [0.717, 1.165) is 19.5 Å². The zero-order valence-electron chi connectivity index (χ0n) is 11.4. The highest BCUT2D eigenvalue weighted by atomic mass is 35.5. The number of likely N-dealkylation sites (tertiary alicyclic amines) is 1.